The van der Waals surface area contributed by atoms with Crippen molar-refractivity contribution in [2.45, 2.75) is 31.7 Å². The van der Waals surface area contributed by atoms with Crippen molar-refractivity contribution in [3.8, 4) is 0 Å². The van der Waals surface area contributed by atoms with Gasteiger partial charge in [-0.15, -0.1) is 0 Å². The van der Waals surface area contributed by atoms with Crippen molar-refractivity contribution in [2.24, 2.45) is 5.92 Å². The summed E-state index contributed by atoms with van der Waals surface area (Å²) in [5.74, 6) is 1.04. The second-order valence-corrected chi connectivity index (χ2v) is 6.30. The first-order chi connectivity index (χ1) is 6.01. The molecule has 0 aromatic carbocycles. The normalized spacial score (nSPS) is 21.1. The van der Waals surface area contributed by atoms with Crippen molar-refractivity contribution >= 4 is 9.84 Å². The molecule has 1 rings (SSSR count). The molecule has 1 aliphatic carbocycles. The highest BCUT2D eigenvalue weighted by Gasteiger charge is 2.23. The molecule has 3 nitrogen and oxygen atoms in total. The van der Waals surface area contributed by atoms with Gasteiger partial charge in [0.05, 0.1) is 5.75 Å². The summed E-state index contributed by atoms with van der Waals surface area (Å²) in [7, 11) is -0.986. The molecule has 1 unspecified atom stereocenters. The molecule has 1 atom stereocenters. The molecule has 1 fully saturated rings. The quantitative estimate of drug-likeness (QED) is 0.722. The van der Waals surface area contributed by atoms with Crippen LogP contribution in [0, 0.1) is 5.92 Å². The van der Waals surface area contributed by atoms with Crippen LogP contribution in [0.2, 0.25) is 0 Å². The maximum atomic E-state index is 11.0. The third-order valence-corrected chi connectivity index (χ3v) is 3.76. The summed E-state index contributed by atoms with van der Waals surface area (Å²) in [6.45, 7) is 0. The SMILES string of the molecule is CNC(CC1CCC1)CS(C)(=O)=O. The fourth-order valence-corrected chi connectivity index (χ4v) is 2.80. The van der Waals surface area contributed by atoms with Crippen molar-refractivity contribution in [1.82, 2.24) is 5.32 Å². The second-order valence-electron chi connectivity index (χ2n) is 4.11. The van der Waals surface area contributed by atoms with E-state index >= 15 is 0 Å². The Morgan fingerprint density at radius 1 is 1.46 bits per heavy atom. The van der Waals surface area contributed by atoms with E-state index in [9.17, 15) is 8.42 Å². The first-order valence-corrected chi connectivity index (χ1v) is 6.92. The van der Waals surface area contributed by atoms with Crippen LogP contribution in [-0.2, 0) is 9.84 Å². The number of nitrogens with one attached hydrogen (secondary N) is 1. The smallest absolute Gasteiger partial charge is 0.148 e. The Hall–Kier alpha value is -0.0900. The highest BCUT2D eigenvalue weighted by Crippen LogP contribution is 2.30. The summed E-state index contributed by atoms with van der Waals surface area (Å²) in [6, 6.07) is 0.153. The van der Waals surface area contributed by atoms with Gasteiger partial charge in [-0.2, -0.15) is 0 Å². The maximum Gasteiger partial charge on any atom is 0.148 e. The third-order valence-electron chi connectivity index (χ3n) is 2.75. The van der Waals surface area contributed by atoms with E-state index in [1.54, 1.807) is 0 Å². The minimum Gasteiger partial charge on any atom is -0.316 e. The average Bonchev–Trinajstić information content (AvgIpc) is 1.91. The van der Waals surface area contributed by atoms with Gasteiger partial charge in [0.2, 0.25) is 0 Å². The predicted octanol–water partition coefficient (Wildman–Crippen LogP) is 0.809. The molecule has 0 radical (unpaired) electrons. The van der Waals surface area contributed by atoms with Crippen molar-refractivity contribution < 1.29 is 8.42 Å². The summed E-state index contributed by atoms with van der Waals surface area (Å²) in [5.41, 5.74) is 0. The molecule has 0 saturated heterocycles. The van der Waals surface area contributed by atoms with Crippen molar-refractivity contribution in [1.29, 1.82) is 0 Å². The van der Waals surface area contributed by atoms with Gasteiger partial charge in [0.15, 0.2) is 0 Å². The molecule has 0 amide bonds. The van der Waals surface area contributed by atoms with E-state index in [4.69, 9.17) is 0 Å². The molecule has 0 spiro atoms. The Balaban J connectivity index is 2.33. The van der Waals surface area contributed by atoms with Gasteiger partial charge >= 0.3 is 0 Å². The largest absolute Gasteiger partial charge is 0.316 e. The van der Waals surface area contributed by atoms with Crippen LogP contribution >= 0.6 is 0 Å². The first-order valence-electron chi connectivity index (χ1n) is 4.86. The molecule has 0 aromatic heterocycles. The molecule has 4 heteroatoms. The van der Waals surface area contributed by atoms with E-state index in [2.05, 4.69) is 5.32 Å². The Labute approximate surface area is 80.8 Å². The van der Waals surface area contributed by atoms with Crippen LogP contribution in [0.3, 0.4) is 0 Å². The van der Waals surface area contributed by atoms with Crippen LogP contribution in [0.1, 0.15) is 25.7 Å². The van der Waals surface area contributed by atoms with Crippen LogP contribution in [0.25, 0.3) is 0 Å². The number of rotatable bonds is 5. The second kappa shape index (κ2) is 4.42. The summed E-state index contributed by atoms with van der Waals surface area (Å²) in [5, 5.41) is 3.08. The highest BCUT2D eigenvalue weighted by molar-refractivity contribution is 7.90. The lowest BCUT2D eigenvalue weighted by Gasteiger charge is -2.29. The topological polar surface area (TPSA) is 46.2 Å². The Morgan fingerprint density at radius 3 is 2.38 bits per heavy atom. The molecule has 1 saturated carbocycles. The number of sulfone groups is 1. The van der Waals surface area contributed by atoms with Crippen LogP contribution in [0.4, 0.5) is 0 Å². The van der Waals surface area contributed by atoms with Gasteiger partial charge < -0.3 is 5.32 Å². The zero-order valence-electron chi connectivity index (χ0n) is 8.41. The molecule has 0 aromatic rings. The summed E-state index contributed by atoms with van der Waals surface area (Å²) < 4.78 is 22.1. The molecule has 0 bridgehead atoms. The fraction of sp³-hybridized carbons (Fsp3) is 1.00. The highest BCUT2D eigenvalue weighted by atomic mass is 32.2. The third kappa shape index (κ3) is 4.09. The zero-order valence-corrected chi connectivity index (χ0v) is 9.23. The van der Waals surface area contributed by atoms with Crippen molar-refractivity contribution in [2.75, 3.05) is 19.1 Å². The Morgan fingerprint density at radius 2 is 2.08 bits per heavy atom. The number of hydrogen-bond donors (Lipinski definition) is 1. The number of hydrogen-bond acceptors (Lipinski definition) is 3. The molecule has 78 valence electrons. The van der Waals surface area contributed by atoms with E-state index in [-0.39, 0.29) is 11.8 Å². The Kier molecular flexibility index (Phi) is 3.74. The van der Waals surface area contributed by atoms with Crippen molar-refractivity contribution in [3.05, 3.63) is 0 Å². The van der Waals surface area contributed by atoms with Gasteiger partial charge in [-0.05, 0) is 19.4 Å². The molecule has 1 aliphatic rings. The minimum atomic E-state index is -2.83. The summed E-state index contributed by atoms with van der Waals surface area (Å²) in [6.07, 6.45) is 6.20. The standard InChI is InChI=1S/C9H19NO2S/c1-10-9(7-13(2,11)12)6-8-4-3-5-8/h8-10H,3-7H2,1-2H3. The first kappa shape index (κ1) is 11.0. The molecule has 0 heterocycles. The lowest BCUT2D eigenvalue weighted by Crippen LogP contribution is -2.35. The fourth-order valence-electron chi connectivity index (χ4n) is 1.77. The van der Waals surface area contributed by atoms with Gasteiger partial charge in [-0.3, -0.25) is 0 Å². The molecular weight excluding hydrogens is 186 g/mol. The Bertz CT molecular complexity index is 244. The van der Waals surface area contributed by atoms with Gasteiger partial charge in [0.1, 0.15) is 9.84 Å². The molecule has 0 aliphatic heterocycles. The van der Waals surface area contributed by atoms with Crippen LogP contribution in [0.5, 0.6) is 0 Å². The summed E-state index contributed by atoms with van der Waals surface area (Å²) in [4.78, 5) is 0. The molecule has 13 heavy (non-hydrogen) atoms. The molecular formula is C9H19NO2S. The van der Waals surface area contributed by atoms with E-state index in [0.29, 0.717) is 0 Å². The van der Waals surface area contributed by atoms with Gasteiger partial charge in [-0.1, -0.05) is 19.3 Å². The zero-order chi connectivity index (χ0) is 9.90. The monoisotopic (exact) mass is 205 g/mol. The van der Waals surface area contributed by atoms with E-state index in [1.807, 2.05) is 7.05 Å². The molecule has 1 N–H and O–H groups in total. The van der Waals surface area contributed by atoms with E-state index in [1.165, 1.54) is 25.5 Å². The van der Waals surface area contributed by atoms with E-state index in [0.717, 1.165) is 12.3 Å². The lowest BCUT2D eigenvalue weighted by molar-refractivity contribution is 0.271. The van der Waals surface area contributed by atoms with Crippen LogP contribution in [0.15, 0.2) is 0 Å². The van der Waals surface area contributed by atoms with E-state index < -0.39 is 9.84 Å². The van der Waals surface area contributed by atoms with Gasteiger partial charge in [-0.25, -0.2) is 8.42 Å². The van der Waals surface area contributed by atoms with Crippen molar-refractivity contribution in [3.63, 3.8) is 0 Å². The van der Waals surface area contributed by atoms with Gasteiger partial charge in [0, 0.05) is 12.3 Å². The minimum absolute atomic E-state index is 0.153. The van der Waals surface area contributed by atoms with Crippen LogP contribution < -0.4 is 5.32 Å². The van der Waals surface area contributed by atoms with Gasteiger partial charge in [0.25, 0.3) is 0 Å². The predicted molar refractivity (Wildman–Crippen MR) is 54.5 cm³/mol. The summed E-state index contributed by atoms with van der Waals surface area (Å²) >= 11 is 0. The average molecular weight is 205 g/mol. The lowest BCUT2D eigenvalue weighted by atomic mass is 9.81. The maximum absolute atomic E-state index is 11.0. The van der Waals surface area contributed by atoms with Crippen LogP contribution in [-0.4, -0.2) is 33.5 Å².